The number of ether oxygens (including phenoxy) is 1. The van der Waals surface area contributed by atoms with Crippen LogP contribution in [0.25, 0.3) is 0 Å². The Morgan fingerprint density at radius 2 is 2.19 bits per heavy atom. The fraction of sp³-hybridized carbons (Fsp3) is 0.500. The largest absolute Gasteiger partial charge is 0.733 e. The Morgan fingerprint density at radius 1 is 1.48 bits per heavy atom. The van der Waals surface area contributed by atoms with Crippen LogP contribution in [-0.4, -0.2) is 35.2 Å². The highest BCUT2D eigenvalue weighted by molar-refractivity contribution is 5.73. The molecule has 6 nitrogen and oxygen atoms in total. The molecule has 0 radical (unpaired) electrons. The number of nitrogens with zero attached hydrogens (tertiary/aromatic N) is 2. The Hall–Kier alpha value is -1.86. The molecule has 1 amide bonds. The van der Waals surface area contributed by atoms with Crippen molar-refractivity contribution in [3.05, 3.63) is 29.2 Å². The van der Waals surface area contributed by atoms with Crippen LogP contribution >= 0.6 is 0 Å². The van der Waals surface area contributed by atoms with Crippen molar-refractivity contribution in [1.29, 1.82) is 0 Å². The average Bonchev–Trinajstić information content (AvgIpc) is 2.85. The standard InChI is InChI=1S/C14H18FN2O4/c1-9(18)16(2)11-4-5-12(8-11)21-14-7-10(15)3-6-13(14)17(19)20/h3,6-7,11-12,19H,4-5,8H2,1-2H3/q-1/t11-,12-/m0/s1. The van der Waals surface area contributed by atoms with E-state index in [1.54, 1.807) is 11.9 Å². The van der Waals surface area contributed by atoms with Gasteiger partial charge in [0, 0.05) is 32.5 Å². The summed E-state index contributed by atoms with van der Waals surface area (Å²) in [5, 5.41) is 19.7. The number of carbonyl (C=O) groups excluding carboxylic acids is 1. The van der Waals surface area contributed by atoms with E-state index in [4.69, 9.17) is 9.94 Å². The molecule has 1 N–H and O–H groups in total. The van der Waals surface area contributed by atoms with Crippen molar-refractivity contribution < 1.29 is 19.1 Å². The molecule has 1 aromatic rings. The number of hydrogen-bond donors (Lipinski definition) is 1. The predicted octanol–water partition coefficient (Wildman–Crippen LogP) is 2.30. The molecule has 21 heavy (non-hydrogen) atoms. The van der Waals surface area contributed by atoms with E-state index in [9.17, 15) is 14.4 Å². The van der Waals surface area contributed by atoms with Gasteiger partial charge in [0.2, 0.25) is 5.91 Å². The quantitative estimate of drug-likeness (QED) is 0.863. The normalized spacial score (nSPS) is 21.2. The first kappa shape index (κ1) is 15.5. The molecule has 7 heteroatoms. The van der Waals surface area contributed by atoms with E-state index in [-0.39, 0.29) is 34.7 Å². The number of benzene rings is 1. The van der Waals surface area contributed by atoms with E-state index in [0.717, 1.165) is 24.6 Å². The highest BCUT2D eigenvalue weighted by Crippen LogP contribution is 2.33. The van der Waals surface area contributed by atoms with Gasteiger partial charge in [0.05, 0.1) is 5.69 Å². The van der Waals surface area contributed by atoms with Gasteiger partial charge in [0.25, 0.3) is 0 Å². The number of hydrogen-bond acceptors (Lipinski definition) is 5. The van der Waals surface area contributed by atoms with Crippen molar-refractivity contribution in [3.8, 4) is 5.75 Å². The Kier molecular flexibility index (Phi) is 4.64. The molecule has 1 aliphatic carbocycles. The second-order valence-corrected chi connectivity index (χ2v) is 5.22. The van der Waals surface area contributed by atoms with Crippen LogP contribution in [0, 0.1) is 11.0 Å². The van der Waals surface area contributed by atoms with Gasteiger partial charge in [-0.25, -0.2) is 4.39 Å². The minimum atomic E-state index is -0.550. The molecular weight excluding hydrogens is 279 g/mol. The lowest BCUT2D eigenvalue weighted by molar-refractivity contribution is -0.129. The fourth-order valence-corrected chi connectivity index (χ4v) is 2.55. The third-order valence-electron chi connectivity index (χ3n) is 3.82. The van der Waals surface area contributed by atoms with Gasteiger partial charge in [-0.1, -0.05) is 0 Å². The first-order chi connectivity index (χ1) is 9.88. The summed E-state index contributed by atoms with van der Waals surface area (Å²) in [6.07, 6.45) is 1.86. The lowest BCUT2D eigenvalue weighted by Gasteiger charge is -2.26. The van der Waals surface area contributed by atoms with Gasteiger partial charge in [-0.15, -0.1) is 0 Å². The van der Waals surface area contributed by atoms with Gasteiger partial charge in [-0.3, -0.25) is 10.0 Å². The van der Waals surface area contributed by atoms with Crippen molar-refractivity contribution in [2.24, 2.45) is 0 Å². The van der Waals surface area contributed by atoms with Crippen LogP contribution in [0.4, 0.5) is 10.1 Å². The van der Waals surface area contributed by atoms with Gasteiger partial charge in [-0.05, 0) is 25.0 Å². The Labute approximate surface area is 122 Å². The van der Waals surface area contributed by atoms with Crippen LogP contribution < -0.4 is 9.96 Å². The van der Waals surface area contributed by atoms with Gasteiger partial charge in [0.15, 0.2) is 0 Å². The van der Waals surface area contributed by atoms with Crippen LogP contribution in [0.15, 0.2) is 18.2 Å². The lowest BCUT2D eigenvalue weighted by Crippen LogP contribution is -2.34. The van der Waals surface area contributed by atoms with Crippen LogP contribution in [-0.2, 0) is 4.79 Å². The van der Waals surface area contributed by atoms with E-state index >= 15 is 0 Å². The molecule has 0 saturated heterocycles. The summed E-state index contributed by atoms with van der Waals surface area (Å²) in [5.74, 6) is -0.567. The first-order valence-corrected chi connectivity index (χ1v) is 6.74. The highest BCUT2D eigenvalue weighted by atomic mass is 19.1. The molecule has 116 valence electrons. The van der Waals surface area contributed by atoms with Gasteiger partial charge in [-0.2, -0.15) is 0 Å². The van der Waals surface area contributed by atoms with Crippen molar-refractivity contribution in [1.82, 2.24) is 4.90 Å². The van der Waals surface area contributed by atoms with Crippen molar-refractivity contribution >= 4 is 11.6 Å². The zero-order chi connectivity index (χ0) is 15.6. The Bertz CT molecular complexity index is 524. The summed E-state index contributed by atoms with van der Waals surface area (Å²) in [7, 11) is 1.73. The van der Waals surface area contributed by atoms with E-state index in [2.05, 4.69) is 0 Å². The molecule has 0 aliphatic heterocycles. The number of rotatable bonds is 4. The smallest absolute Gasteiger partial charge is 0.219 e. The van der Waals surface area contributed by atoms with E-state index in [1.165, 1.54) is 6.92 Å². The van der Waals surface area contributed by atoms with Gasteiger partial charge >= 0.3 is 0 Å². The molecule has 1 fully saturated rings. The van der Waals surface area contributed by atoms with E-state index in [1.807, 2.05) is 0 Å². The van der Waals surface area contributed by atoms with Crippen LogP contribution in [0.3, 0.4) is 0 Å². The second-order valence-electron chi connectivity index (χ2n) is 5.22. The molecule has 1 aliphatic rings. The number of halogens is 1. The third kappa shape index (κ3) is 3.62. The fourth-order valence-electron chi connectivity index (χ4n) is 2.55. The second kappa shape index (κ2) is 6.28. The molecule has 1 saturated carbocycles. The molecule has 1 aromatic carbocycles. The summed E-state index contributed by atoms with van der Waals surface area (Å²) in [5.41, 5.74) is -0.139. The lowest BCUT2D eigenvalue weighted by atomic mass is 10.2. The van der Waals surface area contributed by atoms with Crippen molar-refractivity contribution in [2.75, 3.05) is 12.3 Å². The SMILES string of the molecule is CC(=O)N(C)[C@H]1CC[C@H](Oc2cc(F)ccc2N([O-])O)C1. The van der Waals surface area contributed by atoms with E-state index in [0.29, 0.717) is 12.8 Å². The maximum atomic E-state index is 13.3. The monoisotopic (exact) mass is 297 g/mol. The summed E-state index contributed by atoms with van der Waals surface area (Å²) in [6, 6.07) is 3.37. The van der Waals surface area contributed by atoms with Gasteiger partial charge in [0.1, 0.15) is 17.7 Å². The maximum absolute atomic E-state index is 13.3. The maximum Gasteiger partial charge on any atom is 0.219 e. The van der Waals surface area contributed by atoms with Gasteiger partial charge < -0.3 is 20.1 Å². The summed E-state index contributed by atoms with van der Waals surface area (Å²) >= 11 is 0. The van der Waals surface area contributed by atoms with Crippen molar-refractivity contribution in [2.45, 2.75) is 38.3 Å². The zero-order valence-electron chi connectivity index (χ0n) is 12.0. The molecular formula is C14H18FN2O4-. The Balaban J connectivity index is 2.06. The summed E-state index contributed by atoms with van der Waals surface area (Å²) in [6.45, 7) is 1.50. The average molecular weight is 297 g/mol. The first-order valence-electron chi connectivity index (χ1n) is 6.74. The minimum Gasteiger partial charge on any atom is -0.733 e. The summed E-state index contributed by atoms with van der Waals surface area (Å²) in [4.78, 5) is 13.0. The summed E-state index contributed by atoms with van der Waals surface area (Å²) < 4.78 is 18.9. The molecule has 0 aromatic heterocycles. The number of amides is 1. The molecule has 0 bridgehead atoms. The molecule has 0 spiro atoms. The third-order valence-corrected chi connectivity index (χ3v) is 3.82. The molecule has 2 atom stereocenters. The number of carbonyl (C=O) groups is 1. The van der Waals surface area contributed by atoms with Crippen molar-refractivity contribution in [3.63, 3.8) is 0 Å². The van der Waals surface area contributed by atoms with Crippen LogP contribution in [0.1, 0.15) is 26.2 Å². The topological polar surface area (TPSA) is 76.1 Å². The Morgan fingerprint density at radius 3 is 2.81 bits per heavy atom. The number of anilines is 1. The molecule has 0 heterocycles. The minimum absolute atomic E-state index is 0.00336. The predicted molar refractivity (Wildman–Crippen MR) is 74.5 cm³/mol. The van der Waals surface area contributed by atoms with E-state index < -0.39 is 5.82 Å². The molecule has 0 unspecified atom stereocenters. The zero-order valence-corrected chi connectivity index (χ0v) is 12.0. The molecule has 2 rings (SSSR count). The van der Waals surface area contributed by atoms with Crippen LogP contribution in [0.2, 0.25) is 0 Å². The highest BCUT2D eigenvalue weighted by Gasteiger charge is 2.30. The van der Waals surface area contributed by atoms with Crippen LogP contribution in [0.5, 0.6) is 5.75 Å².